The third-order valence-electron chi connectivity index (χ3n) is 3.83. The molecule has 8 nitrogen and oxygen atoms in total. The van der Waals surface area contributed by atoms with Crippen molar-refractivity contribution in [2.45, 2.75) is 36.4 Å². The fourth-order valence-electron chi connectivity index (χ4n) is 2.06. The lowest BCUT2D eigenvalue weighted by molar-refractivity contribution is -0.937. The number of quaternary nitrogens is 1. The van der Waals surface area contributed by atoms with Gasteiger partial charge in [0.1, 0.15) is 18.3 Å². The van der Waals surface area contributed by atoms with Crippen LogP contribution in [0.4, 0.5) is 0 Å². The summed E-state index contributed by atoms with van der Waals surface area (Å²) in [6.45, 7) is -0.666. The first-order valence-corrected chi connectivity index (χ1v) is 6.63. The highest BCUT2D eigenvalue weighted by molar-refractivity contribution is 5.04. The molecule has 1 fully saturated rings. The number of nitrogens with one attached hydrogen (secondary N) is 1. The van der Waals surface area contributed by atoms with Crippen molar-refractivity contribution in [2.75, 3.05) is 34.3 Å². The summed E-state index contributed by atoms with van der Waals surface area (Å²) < 4.78 is 5.05. The number of hydrogen-bond acceptors (Lipinski definition) is 7. The van der Waals surface area contributed by atoms with Gasteiger partial charge >= 0.3 is 0 Å². The van der Waals surface area contributed by atoms with Gasteiger partial charge in [-0.1, -0.05) is 0 Å². The van der Waals surface area contributed by atoms with E-state index >= 15 is 0 Å². The predicted molar refractivity (Wildman–Crippen MR) is 73.6 cm³/mol. The Morgan fingerprint density at radius 2 is 1.81 bits per heavy atom. The number of rotatable bonds is 5. The van der Waals surface area contributed by atoms with Gasteiger partial charge in [0.15, 0.2) is 6.29 Å². The van der Waals surface area contributed by atoms with Gasteiger partial charge in [-0.25, -0.2) is 0 Å². The molecule has 0 saturated carbocycles. The minimum Gasteiger partial charge on any atom is -0.394 e. The van der Waals surface area contributed by atoms with Crippen molar-refractivity contribution in [3.8, 4) is 12.3 Å². The van der Waals surface area contributed by atoms with E-state index in [1.165, 1.54) is 0 Å². The van der Waals surface area contributed by atoms with Crippen LogP contribution in [0.25, 0.3) is 0 Å². The van der Waals surface area contributed by atoms with Crippen LogP contribution in [0.5, 0.6) is 0 Å². The summed E-state index contributed by atoms with van der Waals surface area (Å²) in [5.74, 6) is 2.28. The first kappa shape index (κ1) is 18.3. The Bertz CT molecular complexity index is 393. The average molecular weight is 305 g/mol. The summed E-state index contributed by atoms with van der Waals surface area (Å²) >= 11 is 0. The van der Waals surface area contributed by atoms with Crippen molar-refractivity contribution in [3.05, 3.63) is 0 Å². The Morgan fingerprint density at radius 3 is 2.24 bits per heavy atom. The quantitative estimate of drug-likeness (QED) is 0.176. The fourth-order valence-corrected chi connectivity index (χ4v) is 2.06. The van der Waals surface area contributed by atoms with Gasteiger partial charge in [-0.05, 0) is 5.92 Å². The number of hydrogen-bond donors (Lipinski definition) is 6. The number of aliphatic hydroxyl groups excluding tert-OH is 4. The van der Waals surface area contributed by atoms with Crippen LogP contribution in [0.2, 0.25) is 0 Å². The van der Waals surface area contributed by atoms with E-state index in [9.17, 15) is 20.4 Å². The molecule has 8 heteroatoms. The van der Waals surface area contributed by atoms with Crippen molar-refractivity contribution in [2.24, 2.45) is 0 Å². The normalized spacial score (nSPS) is 36.8. The predicted octanol–water partition coefficient (Wildman–Crippen LogP) is -3.60. The molecule has 0 amide bonds. The van der Waals surface area contributed by atoms with E-state index in [-0.39, 0.29) is 11.0 Å². The Balaban J connectivity index is 2.77. The minimum atomic E-state index is -1.57. The maximum absolute atomic E-state index is 10.4. The van der Waals surface area contributed by atoms with E-state index in [2.05, 4.69) is 11.2 Å². The molecule has 0 bridgehead atoms. The second-order valence-electron chi connectivity index (χ2n) is 6.11. The zero-order chi connectivity index (χ0) is 16.4. The maximum atomic E-state index is 10.4. The molecule has 1 saturated heterocycles. The van der Waals surface area contributed by atoms with E-state index in [0.29, 0.717) is 0 Å². The van der Waals surface area contributed by atoms with Crippen LogP contribution in [0.3, 0.4) is 0 Å². The van der Waals surface area contributed by atoms with Crippen LogP contribution < -0.4 is 5.32 Å². The summed E-state index contributed by atoms with van der Waals surface area (Å²) in [5.41, 5.74) is -1.57. The van der Waals surface area contributed by atoms with Crippen LogP contribution >= 0.6 is 0 Å². The molecule has 0 aromatic heterocycles. The number of nitrogens with zero attached hydrogens (tertiary/aromatic N) is 1. The molecule has 3 unspecified atom stereocenters. The van der Waals surface area contributed by atoms with Gasteiger partial charge in [-0.2, -0.15) is 0 Å². The van der Waals surface area contributed by atoms with Gasteiger partial charge in [-0.3, -0.25) is 9.80 Å². The molecule has 1 aliphatic heterocycles. The third-order valence-corrected chi connectivity index (χ3v) is 3.83. The van der Waals surface area contributed by atoms with Crippen molar-refractivity contribution < 1.29 is 34.8 Å². The number of terminal acetylenes is 1. The van der Waals surface area contributed by atoms with E-state index in [0.717, 1.165) is 0 Å². The molecule has 0 aromatic rings. The molecule has 0 radical (unpaired) electrons. The molecular formula is C13H25N2O6+. The van der Waals surface area contributed by atoms with Crippen molar-refractivity contribution in [1.29, 1.82) is 0 Å². The Morgan fingerprint density at radius 1 is 1.24 bits per heavy atom. The summed E-state index contributed by atoms with van der Waals surface area (Å²) in [6, 6.07) is -1.05. The summed E-state index contributed by atoms with van der Waals surface area (Å²) in [5, 5.41) is 51.7. The molecule has 1 rings (SSSR count). The largest absolute Gasteiger partial charge is 0.394 e. The molecule has 6 atom stereocenters. The van der Waals surface area contributed by atoms with Gasteiger partial charge in [0.05, 0.1) is 40.3 Å². The Hall–Kier alpha value is -0.760. The van der Waals surface area contributed by atoms with Gasteiger partial charge in [0.2, 0.25) is 0 Å². The SMILES string of the molecule is C#CC(O)(CNC1[C@H](O)OC(CO)[C@@H](O)[C@H]1O)[N+](C)(C)C. The van der Waals surface area contributed by atoms with E-state index in [1.54, 1.807) is 21.1 Å². The molecule has 0 aromatic carbocycles. The van der Waals surface area contributed by atoms with Crippen LogP contribution in [-0.4, -0.2) is 101 Å². The second kappa shape index (κ2) is 6.56. The monoisotopic (exact) mass is 305 g/mol. The summed E-state index contributed by atoms with van der Waals surface area (Å²) in [4.78, 5) is 0. The topological polar surface area (TPSA) is 122 Å². The summed E-state index contributed by atoms with van der Waals surface area (Å²) in [7, 11) is 5.09. The highest BCUT2D eigenvalue weighted by atomic mass is 16.6. The van der Waals surface area contributed by atoms with E-state index < -0.39 is 43.0 Å². The zero-order valence-corrected chi connectivity index (χ0v) is 12.5. The lowest BCUT2D eigenvalue weighted by Crippen LogP contribution is -2.67. The standard InChI is InChI=1S/C13H25N2O6/c1-5-13(20,15(2,3)4)7-14-9-11(18)10(17)8(6-16)21-12(9)19/h1,8-12,14,16-20H,6-7H2,2-4H3/q+1/t8?,9?,10-,11+,12-,13?/m1/s1. The Labute approximate surface area is 124 Å². The molecule has 21 heavy (non-hydrogen) atoms. The summed E-state index contributed by atoms with van der Waals surface area (Å²) in [6.07, 6.45) is 0.0976. The van der Waals surface area contributed by atoms with E-state index in [1.807, 2.05) is 0 Å². The zero-order valence-electron chi connectivity index (χ0n) is 12.5. The highest BCUT2D eigenvalue weighted by Crippen LogP contribution is 2.21. The number of likely N-dealkylation sites (N-methyl/N-ethyl adjacent to an activating group) is 1. The lowest BCUT2D eigenvalue weighted by atomic mass is 9.96. The fraction of sp³-hybridized carbons (Fsp3) is 0.846. The van der Waals surface area contributed by atoms with Gasteiger partial charge in [0, 0.05) is 0 Å². The second-order valence-corrected chi connectivity index (χ2v) is 6.11. The van der Waals surface area contributed by atoms with Crippen LogP contribution in [0, 0.1) is 12.3 Å². The number of ether oxygens (including phenoxy) is 1. The van der Waals surface area contributed by atoms with Gasteiger partial charge < -0.3 is 30.3 Å². The molecule has 122 valence electrons. The van der Waals surface area contributed by atoms with Crippen LogP contribution in [-0.2, 0) is 4.74 Å². The maximum Gasteiger partial charge on any atom is 0.277 e. The van der Waals surface area contributed by atoms with Crippen LogP contribution in [0.1, 0.15) is 0 Å². The first-order valence-electron chi connectivity index (χ1n) is 6.63. The molecule has 1 aliphatic rings. The molecule has 0 spiro atoms. The van der Waals surface area contributed by atoms with E-state index in [4.69, 9.17) is 16.3 Å². The van der Waals surface area contributed by atoms with Crippen molar-refractivity contribution in [3.63, 3.8) is 0 Å². The van der Waals surface area contributed by atoms with Crippen LogP contribution in [0.15, 0.2) is 0 Å². The highest BCUT2D eigenvalue weighted by Gasteiger charge is 2.46. The average Bonchev–Trinajstić information content (AvgIpc) is 2.41. The molecular weight excluding hydrogens is 280 g/mol. The number of aliphatic hydroxyl groups is 5. The first-order chi connectivity index (χ1) is 9.57. The van der Waals surface area contributed by atoms with Crippen molar-refractivity contribution >= 4 is 0 Å². The van der Waals surface area contributed by atoms with Gasteiger partial charge in [0.25, 0.3) is 5.72 Å². The lowest BCUT2D eigenvalue weighted by Gasteiger charge is -2.43. The minimum absolute atomic E-state index is 0.0398. The molecule has 6 N–H and O–H groups in total. The molecule has 0 aliphatic carbocycles. The molecule has 1 heterocycles. The van der Waals surface area contributed by atoms with Gasteiger partial charge in [-0.15, -0.1) is 6.42 Å². The third kappa shape index (κ3) is 3.71. The van der Waals surface area contributed by atoms with Crippen molar-refractivity contribution in [1.82, 2.24) is 5.32 Å². The Kier molecular flexibility index (Phi) is 5.71. The smallest absolute Gasteiger partial charge is 0.277 e.